The summed E-state index contributed by atoms with van der Waals surface area (Å²) >= 11 is 0. The van der Waals surface area contributed by atoms with Gasteiger partial charge in [-0.05, 0) is 43.4 Å². The van der Waals surface area contributed by atoms with E-state index in [0.717, 1.165) is 24.2 Å². The highest BCUT2D eigenvalue weighted by atomic mass is 19.1. The Morgan fingerprint density at radius 2 is 1.90 bits per heavy atom. The van der Waals surface area contributed by atoms with Crippen molar-refractivity contribution in [3.63, 3.8) is 0 Å². The number of rotatable bonds is 5. The normalized spacial score (nSPS) is 22.3. The lowest BCUT2D eigenvalue weighted by Gasteiger charge is -2.37. The van der Waals surface area contributed by atoms with Gasteiger partial charge in [0.1, 0.15) is 17.7 Å². The molecule has 0 amide bonds. The number of aliphatic hydroxyl groups excluding tert-OH is 2. The van der Waals surface area contributed by atoms with E-state index in [1.54, 1.807) is 6.07 Å². The molecule has 1 unspecified atom stereocenters. The van der Waals surface area contributed by atoms with Crippen molar-refractivity contribution in [3.8, 4) is 5.75 Å². The Balaban J connectivity index is 1.73. The van der Waals surface area contributed by atoms with Crippen LogP contribution >= 0.6 is 0 Å². The molecule has 0 aromatic heterocycles. The average molecular weight is 294 g/mol. The van der Waals surface area contributed by atoms with Crippen LogP contribution in [0.25, 0.3) is 0 Å². The third-order valence-corrected chi connectivity index (χ3v) is 5.25. The Labute approximate surface area is 124 Å². The molecule has 2 N–H and O–H groups in total. The van der Waals surface area contributed by atoms with Crippen molar-refractivity contribution in [1.82, 2.24) is 0 Å². The van der Waals surface area contributed by atoms with Crippen LogP contribution in [-0.4, -0.2) is 29.5 Å². The molecule has 21 heavy (non-hydrogen) atoms. The number of fused-ring (bicyclic) bond motifs is 1. The maximum absolute atomic E-state index is 13.3. The van der Waals surface area contributed by atoms with Gasteiger partial charge in [0.2, 0.25) is 0 Å². The van der Waals surface area contributed by atoms with Crippen LogP contribution in [-0.2, 0) is 6.42 Å². The minimum absolute atomic E-state index is 0.0151. The van der Waals surface area contributed by atoms with Crippen LogP contribution in [0.2, 0.25) is 0 Å². The third-order valence-electron chi connectivity index (χ3n) is 5.25. The molecule has 1 aliphatic carbocycles. The molecule has 0 spiro atoms. The summed E-state index contributed by atoms with van der Waals surface area (Å²) in [5, 5.41) is 19.8. The maximum Gasteiger partial charge on any atom is 0.123 e. The van der Waals surface area contributed by atoms with Crippen molar-refractivity contribution in [1.29, 1.82) is 0 Å². The van der Waals surface area contributed by atoms with Gasteiger partial charge in [-0.25, -0.2) is 4.39 Å². The van der Waals surface area contributed by atoms with Crippen molar-refractivity contribution >= 4 is 0 Å². The molecule has 1 heterocycles. The van der Waals surface area contributed by atoms with Crippen LogP contribution in [0.1, 0.15) is 37.7 Å². The van der Waals surface area contributed by atoms with Gasteiger partial charge in [-0.2, -0.15) is 0 Å². The topological polar surface area (TPSA) is 49.7 Å². The Bertz CT molecular complexity index is 493. The number of ether oxygens (including phenoxy) is 1. The van der Waals surface area contributed by atoms with Gasteiger partial charge in [-0.1, -0.05) is 12.8 Å². The van der Waals surface area contributed by atoms with Crippen LogP contribution in [0.4, 0.5) is 4.39 Å². The Morgan fingerprint density at radius 1 is 1.19 bits per heavy atom. The Hall–Kier alpha value is -1.13. The summed E-state index contributed by atoms with van der Waals surface area (Å²) in [5.41, 5.74) is 0.415. The van der Waals surface area contributed by atoms with Gasteiger partial charge in [-0.15, -0.1) is 0 Å². The second-order valence-electron chi connectivity index (χ2n) is 6.56. The Morgan fingerprint density at radius 3 is 2.57 bits per heavy atom. The number of hydrogen-bond acceptors (Lipinski definition) is 3. The lowest BCUT2D eigenvalue weighted by atomic mass is 9.71. The molecule has 0 saturated heterocycles. The van der Waals surface area contributed by atoms with E-state index < -0.39 is 5.41 Å². The molecule has 1 atom stereocenters. The summed E-state index contributed by atoms with van der Waals surface area (Å²) in [4.78, 5) is 0. The lowest BCUT2D eigenvalue weighted by molar-refractivity contribution is -0.0246. The standard InChI is InChI=1S/C17H23FO3/c18-14-5-6-16-12(7-14)8-15(21-16)9-17(10-19,11-20)13-3-1-2-4-13/h5-7,13,15,19-20H,1-4,8-11H2. The second kappa shape index (κ2) is 5.93. The van der Waals surface area contributed by atoms with Gasteiger partial charge in [-0.3, -0.25) is 0 Å². The summed E-state index contributed by atoms with van der Waals surface area (Å²) in [6.07, 6.45) is 5.67. The van der Waals surface area contributed by atoms with Crippen LogP contribution in [0.5, 0.6) is 5.75 Å². The predicted molar refractivity (Wildman–Crippen MR) is 77.7 cm³/mol. The fourth-order valence-corrected chi connectivity index (χ4v) is 4.00. The first-order valence-electron chi connectivity index (χ1n) is 7.84. The van der Waals surface area contributed by atoms with Crippen LogP contribution < -0.4 is 4.74 Å². The van der Waals surface area contributed by atoms with Crippen molar-refractivity contribution in [3.05, 3.63) is 29.6 Å². The highest BCUT2D eigenvalue weighted by molar-refractivity contribution is 5.37. The molecule has 3 rings (SSSR count). The highest BCUT2D eigenvalue weighted by Gasteiger charge is 2.42. The molecule has 1 aliphatic heterocycles. The van der Waals surface area contributed by atoms with Crippen LogP contribution in [0.15, 0.2) is 18.2 Å². The molecule has 3 nitrogen and oxygen atoms in total. The molecule has 1 saturated carbocycles. The van der Waals surface area contributed by atoms with E-state index >= 15 is 0 Å². The summed E-state index contributed by atoms with van der Waals surface area (Å²) < 4.78 is 19.2. The largest absolute Gasteiger partial charge is 0.490 e. The van der Waals surface area contributed by atoms with E-state index in [-0.39, 0.29) is 25.1 Å². The van der Waals surface area contributed by atoms with E-state index in [4.69, 9.17) is 4.74 Å². The van der Waals surface area contributed by atoms with Crippen molar-refractivity contribution in [2.24, 2.45) is 11.3 Å². The van der Waals surface area contributed by atoms with Crippen LogP contribution in [0, 0.1) is 17.2 Å². The molecule has 1 aromatic rings. The minimum atomic E-state index is -0.470. The van der Waals surface area contributed by atoms with Gasteiger partial charge < -0.3 is 14.9 Å². The van der Waals surface area contributed by atoms with Crippen LogP contribution in [0.3, 0.4) is 0 Å². The second-order valence-corrected chi connectivity index (χ2v) is 6.56. The van der Waals surface area contributed by atoms with Gasteiger partial charge in [0.05, 0.1) is 13.2 Å². The molecule has 0 radical (unpaired) electrons. The fourth-order valence-electron chi connectivity index (χ4n) is 4.00. The summed E-state index contributed by atoms with van der Waals surface area (Å²) in [7, 11) is 0. The molecule has 1 fully saturated rings. The van der Waals surface area contributed by atoms with E-state index in [1.807, 2.05) is 0 Å². The average Bonchev–Trinajstić information content (AvgIpc) is 3.13. The number of aliphatic hydroxyl groups is 2. The van der Waals surface area contributed by atoms with E-state index in [0.29, 0.717) is 18.8 Å². The first-order valence-corrected chi connectivity index (χ1v) is 7.84. The molecular formula is C17H23FO3. The monoisotopic (exact) mass is 294 g/mol. The molecule has 0 bridgehead atoms. The first kappa shape index (κ1) is 14.8. The number of halogens is 1. The smallest absolute Gasteiger partial charge is 0.123 e. The molecule has 2 aliphatic rings. The van der Waals surface area contributed by atoms with E-state index in [2.05, 4.69) is 0 Å². The van der Waals surface area contributed by atoms with Crippen molar-refractivity contribution in [2.75, 3.05) is 13.2 Å². The molecule has 116 valence electrons. The fraction of sp³-hybridized carbons (Fsp3) is 0.647. The quantitative estimate of drug-likeness (QED) is 0.878. The zero-order valence-corrected chi connectivity index (χ0v) is 12.2. The molecular weight excluding hydrogens is 271 g/mol. The zero-order valence-electron chi connectivity index (χ0n) is 12.2. The van der Waals surface area contributed by atoms with Gasteiger partial charge in [0, 0.05) is 17.4 Å². The highest BCUT2D eigenvalue weighted by Crippen LogP contribution is 2.44. The maximum atomic E-state index is 13.3. The van der Waals surface area contributed by atoms with E-state index in [1.165, 1.54) is 25.0 Å². The van der Waals surface area contributed by atoms with Gasteiger partial charge in [0.15, 0.2) is 0 Å². The number of benzene rings is 1. The minimum Gasteiger partial charge on any atom is -0.490 e. The molecule has 1 aromatic carbocycles. The first-order chi connectivity index (χ1) is 10.2. The predicted octanol–water partition coefficient (Wildman–Crippen LogP) is 2.68. The summed E-state index contributed by atoms with van der Waals surface area (Å²) in [6, 6.07) is 4.59. The summed E-state index contributed by atoms with van der Waals surface area (Å²) in [5.74, 6) is 0.846. The van der Waals surface area contributed by atoms with Crippen molar-refractivity contribution in [2.45, 2.75) is 44.6 Å². The number of hydrogen-bond donors (Lipinski definition) is 2. The SMILES string of the molecule is OCC(CO)(CC1Cc2cc(F)ccc2O1)C1CCCC1. The summed E-state index contributed by atoms with van der Waals surface area (Å²) in [6.45, 7) is -0.0303. The van der Waals surface area contributed by atoms with Gasteiger partial charge in [0.25, 0.3) is 0 Å². The van der Waals surface area contributed by atoms with E-state index in [9.17, 15) is 14.6 Å². The Kier molecular flexibility index (Phi) is 4.18. The lowest BCUT2D eigenvalue weighted by Crippen LogP contribution is -2.41. The van der Waals surface area contributed by atoms with Crippen molar-refractivity contribution < 1.29 is 19.3 Å². The van der Waals surface area contributed by atoms with Gasteiger partial charge >= 0.3 is 0 Å². The zero-order chi connectivity index (χ0) is 14.9. The third kappa shape index (κ3) is 2.79. The molecule has 4 heteroatoms.